The summed E-state index contributed by atoms with van der Waals surface area (Å²) in [4.78, 5) is 9.68. The molecule has 0 unspecified atom stereocenters. The summed E-state index contributed by atoms with van der Waals surface area (Å²) in [6.45, 7) is 5.19. The number of nitrogens with zero attached hydrogens (tertiary/aromatic N) is 3. The Hall–Kier alpha value is -1.88. The highest BCUT2D eigenvalue weighted by atomic mass is 127. The Morgan fingerprint density at radius 3 is 2.77 bits per heavy atom. The van der Waals surface area contributed by atoms with Gasteiger partial charge in [-0.15, -0.1) is 35.3 Å². The predicted octanol–water partition coefficient (Wildman–Crippen LogP) is 4.00. The molecule has 0 saturated carbocycles. The number of guanidine groups is 1. The number of halogens is 1. The molecule has 3 rings (SSSR count). The van der Waals surface area contributed by atoms with Crippen molar-refractivity contribution in [3.8, 4) is 10.8 Å². The molecule has 0 amide bonds. The van der Waals surface area contributed by atoms with Gasteiger partial charge in [-0.05, 0) is 17.4 Å². The van der Waals surface area contributed by atoms with Crippen LogP contribution in [0.25, 0.3) is 10.8 Å². The van der Waals surface area contributed by atoms with Crippen molar-refractivity contribution in [3.63, 3.8) is 0 Å². The summed E-state index contributed by atoms with van der Waals surface area (Å²) < 4.78 is 10.8. The molecule has 0 atom stereocenters. The first-order chi connectivity index (χ1) is 12.2. The molecular formula is C17H22IN5O2S. The Labute approximate surface area is 173 Å². The molecule has 0 aliphatic rings. The molecule has 0 aliphatic carbocycles. The number of thiophene rings is 1. The number of rotatable bonds is 6. The van der Waals surface area contributed by atoms with Crippen LogP contribution in [0.5, 0.6) is 0 Å². The Morgan fingerprint density at radius 1 is 1.31 bits per heavy atom. The van der Waals surface area contributed by atoms with E-state index >= 15 is 0 Å². The molecular weight excluding hydrogens is 465 g/mol. The van der Waals surface area contributed by atoms with Crippen molar-refractivity contribution in [2.45, 2.75) is 32.9 Å². The highest BCUT2D eigenvalue weighted by Crippen LogP contribution is 2.23. The summed E-state index contributed by atoms with van der Waals surface area (Å²) in [6.07, 6.45) is 1.65. The highest BCUT2D eigenvalue weighted by Gasteiger charge is 2.10. The molecule has 0 radical (unpaired) electrons. The van der Waals surface area contributed by atoms with Gasteiger partial charge in [0.05, 0.1) is 29.4 Å². The van der Waals surface area contributed by atoms with Crippen LogP contribution in [-0.2, 0) is 13.1 Å². The lowest BCUT2D eigenvalue weighted by Crippen LogP contribution is -2.36. The van der Waals surface area contributed by atoms with E-state index in [-0.39, 0.29) is 24.0 Å². The van der Waals surface area contributed by atoms with Crippen molar-refractivity contribution in [1.82, 2.24) is 20.8 Å². The summed E-state index contributed by atoms with van der Waals surface area (Å²) >= 11 is 1.60. The zero-order valence-corrected chi connectivity index (χ0v) is 18.0. The number of oxazole rings is 1. The molecule has 0 fully saturated rings. The van der Waals surface area contributed by atoms with Crippen LogP contribution in [0.4, 0.5) is 0 Å². The van der Waals surface area contributed by atoms with Crippen LogP contribution < -0.4 is 10.6 Å². The fourth-order valence-electron chi connectivity index (χ4n) is 2.15. The molecule has 3 heterocycles. The Balaban J connectivity index is 0.00000243. The minimum atomic E-state index is 0. The van der Waals surface area contributed by atoms with Gasteiger partial charge in [0.15, 0.2) is 11.7 Å². The lowest BCUT2D eigenvalue weighted by Gasteiger charge is -2.09. The van der Waals surface area contributed by atoms with E-state index in [4.69, 9.17) is 8.94 Å². The smallest absolute Gasteiger partial charge is 0.236 e. The summed E-state index contributed by atoms with van der Waals surface area (Å²) in [5.74, 6) is 2.41. The van der Waals surface area contributed by atoms with Gasteiger partial charge in [0.25, 0.3) is 0 Å². The highest BCUT2D eigenvalue weighted by molar-refractivity contribution is 14.0. The first-order valence-corrected chi connectivity index (χ1v) is 8.92. The Kier molecular flexibility index (Phi) is 7.64. The maximum absolute atomic E-state index is 5.51. The number of hydrogen-bond donors (Lipinski definition) is 2. The molecule has 26 heavy (non-hydrogen) atoms. The lowest BCUT2D eigenvalue weighted by atomic mass is 10.1. The molecule has 0 bridgehead atoms. The van der Waals surface area contributed by atoms with E-state index in [9.17, 15) is 0 Å². The third kappa shape index (κ3) is 5.31. The van der Waals surface area contributed by atoms with Crippen molar-refractivity contribution in [1.29, 1.82) is 0 Å². The zero-order chi connectivity index (χ0) is 17.6. The van der Waals surface area contributed by atoms with Crippen LogP contribution >= 0.6 is 35.3 Å². The van der Waals surface area contributed by atoms with E-state index in [0.29, 0.717) is 30.9 Å². The topological polar surface area (TPSA) is 88.5 Å². The van der Waals surface area contributed by atoms with Crippen LogP contribution in [0.15, 0.2) is 43.8 Å². The van der Waals surface area contributed by atoms with Gasteiger partial charge < -0.3 is 19.6 Å². The van der Waals surface area contributed by atoms with Gasteiger partial charge in [0, 0.05) is 13.1 Å². The van der Waals surface area contributed by atoms with E-state index in [2.05, 4.69) is 39.6 Å². The molecule has 3 aromatic heterocycles. The minimum Gasteiger partial charge on any atom is -0.443 e. The van der Waals surface area contributed by atoms with E-state index in [1.807, 2.05) is 23.6 Å². The van der Waals surface area contributed by atoms with E-state index < -0.39 is 0 Å². The molecule has 9 heteroatoms. The molecule has 2 N–H and O–H groups in total. The van der Waals surface area contributed by atoms with Gasteiger partial charge in [-0.25, -0.2) is 4.98 Å². The third-order valence-corrected chi connectivity index (χ3v) is 4.40. The Bertz CT molecular complexity index is 826. The van der Waals surface area contributed by atoms with Gasteiger partial charge in [-0.3, -0.25) is 4.99 Å². The Morgan fingerprint density at radius 2 is 2.12 bits per heavy atom. The van der Waals surface area contributed by atoms with Gasteiger partial charge in [-0.1, -0.05) is 25.1 Å². The minimum absolute atomic E-state index is 0. The summed E-state index contributed by atoms with van der Waals surface area (Å²) in [5.41, 5.74) is 1.76. The second kappa shape index (κ2) is 9.72. The third-order valence-electron chi connectivity index (χ3n) is 3.54. The largest absolute Gasteiger partial charge is 0.443 e. The van der Waals surface area contributed by atoms with Crippen LogP contribution in [0.2, 0.25) is 0 Å². The summed E-state index contributed by atoms with van der Waals surface area (Å²) in [5, 5.41) is 12.4. The average molecular weight is 487 g/mol. The van der Waals surface area contributed by atoms with Crippen LogP contribution in [-0.4, -0.2) is 23.1 Å². The summed E-state index contributed by atoms with van der Waals surface area (Å²) in [6, 6.07) is 5.91. The molecule has 0 aliphatic heterocycles. The van der Waals surface area contributed by atoms with Crippen molar-refractivity contribution in [2.75, 3.05) is 7.05 Å². The first kappa shape index (κ1) is 20.4. The zero-order valence-electron chi connectivity index (χ0n) is 14.9. The van der Waals surface area contributed by atoms with Gasteiger partial charge in [-0.2, -0.15) is 0 Å². The number of aromatic nitrogens is 2. The van der Waals surface area contributed by atoms with Crippen LogP contribution in [0.1, 0.15) is 36.9 Å². The molecule has 140 valence electrons. The van der Waals surface area contributed by atoms with Crippen molar-refractivity contribution < 1.29 is 8.94 Å². The van der Waals surface area contributed by atoms with Gasteiger partial charge >= 0.3 is 0 Å². The first-order valence-electron chi connectivity index (χ1n) is 8.04. The quantitative estimate of drug-likeness (QED) is 0.311. The van der Waals surface area contributed by atoms with Crippen molar-refractivity contribution >= 4 is 41.3 Å². The van der Waals surface area contributed by atoms with E-state index in [1.54, 1.807) is 24.6 Å². The fourth-order valence-corrected chi connectivity index (χ4v) is 2.81. The number of hydrogen-bond acceptors (Lipinski definition) is 6. The molecule has 0 aromatic carbocycles. The predicted molar refractivity (Wildman–Crippen MR) is 113 cm³/mol. The molecule has 0 spiro atoms. The SMILES string of the molecule is CN=C(NCc1coc(-c2cccs2)n1)NCc1cc(C(C)C)no1.I. The van der Waals surface area contributed by atoms with Crippen molar-refractivity contribution in [3.05, 3.63) is 47.0 Å². The van der Waals surface area contributed by atoms with Crippen LogP contribution in [0, 0.1) is 0 Å². The van der Waals surface area contributed by atoms with Crippen molar-refractivity contribution in [2.24, 2.45) is 4.99 Å². The molecule has 7 nitrogen and oxygen atoms in total. The maximum Gasteiger partial charge on any atom is 0.236 e. The maximum atomic E-state index is 5.51. The van der Waals surface area contributed by atoms with E-state index in [1.165, 1.54) is 0 Å². The number of nitrogens with one attached hydrogen (secondary N) is 2. The van der Waals surface area contributed by atoms with Gasteiger partial charge in [0.2, 0.25) is 5.89 Å². The normalized spacial score (nSPS) is 11.5. The number of aliphatic imine (C=N–C) groups is 1. The second-order valence-corrected chi connectivity index (χ2v) is 6.72. The summed E-state index contributed by atoms with van der Waals surface area (Å²) in [7, 11) is 1.72. The fraction of sp³-hybridized carbons (Fsp3) is 0.353. The molecule has 0 saturated heterocycles. The molecule has 3 aromatic rings. The van der Waals surface area contributed by atoms with Gasteiger partial charge in [0.1, 0.15) is 6.26 Å². The van der Waals surface area contributed by atoms with Crippen LogP contribution in [0.3, 0.4) is 0 Å². The average Bonchev–Trinajstić information content (AvgIpc) is 3.35. The lowest BCUT2D eigenvalue weighted by molar-refractivity contribution is 0.372. The van der Waals surface area contributed by atoms with E-state index in [0.717, 1.165) is 22.0 Å². The monoisotopic (exact) mass is 487 g/mol. The standard InChI is InChI=1S/C17H21N5O2S.HI/c1-11(2)14-7-13(24-22-14)9-20-17(18-3)19-8-12-10-23-16(21-12)15-5-4-6-25-15;/h4-7,10-11H,8-9H2,1-3H3,(H2,18,19,20);1H. The second-order valence-electron chi connectivity index (χ2n) is 5.77.